The quantitative estimate of drug-likeness (QED) is 0.612. The van der Waals surface area contributed by atoms with Gasteiger partial charge >= 0.3 is 6.09 Å². The lowest BCUT2D eigenvalue weighted by molar-refractivity contribution is 0.0505. The number of carbonyl (C=O) groups is 1. The zero-order chi connectivity index (χ0) is 23.1. The molecule has 1 heterocycles. The largest absolute Gasteiger partial charge is 0.444 e. The summed E-state index contributed by atoms with van der Waals surface area (Å²) in [6.45, 7) is 6.31. The highest BCUT2D eigenvalue weighted by Gasteiger charge is 2.25. The van der Waals surface area contributed by atoms with E-state index in [-0.39, 0.29) is 11.5 Å². The molecule has 1 aromatic heterocycles. The van der Waals surface area contributed by atoms with Crippen molar-refractivity contribution >= 4 is 17.0 Å². The molecule has 3 aromatic rings. The summed E-state index contributed by atoms with van der Waals surface area (Å²) in [6, 6.07) is 2.72. The second-order valence-electron chi connectivity index (χ2n) is 7.86. The van der Waals surface area contributed by atoms with Crippen molar-refractivity contribution in [3.05, 3.63) is 69.8 Å². The van der Waals surface area contributed by atoms with Crippen LogP contribution in [0.15, 0.2) is 35.1 Å². The lowest BCUT2D eigenvalue weighted by Gasteiger charge is -2.23. The highest BCUT2D eigenvalue weighted by Crippen LogP contribution is 2.23. The Morgan fingerprint density at radius 1 is 1.06 bits per heavy atom. The molecule has 31 heavy (non-hydrogen) atoms. The fourth-order valence-electron chi connectivity index (χ4n) is 2.99. The molecule has 6 nitrogen and oxygen atoms in total. The minimum Gasteiger partial charge on any atom is -0.444 e. The van der Waals surface area contributed by atoms with Crippen molar-refractivity contribution in [1.82, 2.24) is 14.9 Å². The molecule has 1 amide bonds. The summed E-state index contributed by atoms with van der Waals surface area (Å²) in [4.78, 5) is 29.3. The molecule has 10 heteroatoms. The van der Waals surface area contributed by atoms with Crippen LogP contribution < -0.4 is 10.9 Å². The van der Waals surface area contributed by atoms with Crippen LogP contribution in [0.1, 0.15) is 39.6 Å². The van der Waals surface area contributed by atoms with Gasteiger partial charge in [-0.1, -0.05) is 0 Å². The molecule has 0 fully saturated rings. The molecule has 0 aliphatic rings. The number of nitrogens with zero attached hydrogens (tertiary/aromatic N) is 2. The van der Waals surface area contributed by atoms with Crippen LogP contribution in [-0.2, 0) is 4.74 Å². The highest BCUT2D eigenvalue weighted by atomic mass is 19.1. The first kappa shape index (κ1) is 22.3. The number of halogens is 4. The second-order valence-corrected chi connectivity index (χ2v) is 7.86. The normalized spacial score (nSPS) is 12.6. The van der Waals surface area contributed by atoms with Crippen molar-refractivity contribution in [2.45, 2.75) is 39.3 Å². The molecule has 1 N–H and O–H groups in total. The van der Waals surface area contributed by atoms with Gasteiger partial charge in [-0.05, 0) is 52.0 Å². The van der Waals surface area contributed by atoms with E-state index in [2.05, 4.69) is 10.3 Å². The average Bonchev–Trinajstić information content (AvgIpc) is 2.61. The van der Waals surface area contributed by atoms with E-state index in [4.69, 9.17) is 4.74 Å². The summed E-state index contributed by atoms with van der Waals surface area (Å²) in [5.41, 5.74) is -2.82. The van der Waals surface area contributed by atoms with Crippen LogP contribution >= 0.6 is 0 Å². The van der Waals surface area contributed by atoms with Gasteiger partial charge in [-0.3, -0.25) is 9.36 Å². The van der Waals surface area contributed by atoms with E-state index in [1.165, 1.54) is 6.92 Å². The lowest BCUT2D eigenvalue weighted by atomic mass is 10.2. The molecule has 0 bridgehead atoms. The number of rotatable bonds is 3. The Bertz CT molecular complexity index is 1210. The number of hydrogen-bond donors (Lipinski definition) is 1. The molecule has 0 spiro atoms. The molecule has 1 atom stereocenters. The van der Waals surface area contributed by atoms with Crippen LogP contribution in [0.4, 0.5) is 22.4 Å². The van der Waals surface area contributed by atoms with Gasteiger partial charge in [-0.2, -0.15) is 0 Å². The number of carbonyl (C=O) groups excluding carboxylic acids is 1. The Labute approximate surface area is 174 Å². The standard InChI is InChI=1S/C21H19F4N3O3/c1-10(26-20(30)31-21(2,3)4)18-27-17-15(25)6-5-14(24)16(17)19(29)28(18)13-8-11(22)7-12(23)9-13/h5-10H,1-4H3,(H,26,30)/t10-/m0/s1. The number of fused-ring (bicyclic) bond motifs is 1. The molecule has 164 valence electrons. The van der Waals surface area contributed by atoms with Crippen LogP contribution in [0.5, 0.6) is 0 Å². The first-order chi connectivity index (χ1) is 14.4. The highest BCUT2D eigenvalue weighted by molar-refractivity contribution is 5.79. The minimum atomic E-state index is -1.10. The van der Waals surface area contributed by atoms with Gasteiger partial charge in [0, 0.05) is 6.07 Å². The number of aromatic nitrogens is 2. The summed E-state index contributed by atoms with van der Waals surface area (Å²) in [5, 5.41) is 1.73. The van der Waals surface area contributed by atoms with Gasteiger partial charge in [0.25, 0.3) is 5.56 Å². The Hall–Kier alpha value is -3.43. The fourth-order valence-corrected chi connectivity index (χ4v) is 2.99. The SMILES string of the molecule is C[C@H](NC(=O)OC(C)(C)C)c1nc2c(F)ccc(F)c2c(=O)n1-c1cc(F)cc(F)c1. The summed E-state index contributed by atoms with van der Waals surface area (Å²) >= 11 is 0. The summed E-state index contributed by atoms with van der Waals surface area (Å²) in [7, 11) is 0. The molecule has 0 aliphatic carbocycles. The molecule has 0 saturated heterocycles. The summed E-state index contributed by atoms with van der Waals surface area (Å²) in [5.74, 6) is -4.31. The van der Waals surface area contributed by atoms with Crippen molar-refractivity contribution in [2.24, 2.45) is 0 Å². The molecule has 0 saturated carbocycles. The number of amides is 1. The van der Waals surface area contributed by atoms with E-state index < -0.39 is 57.5 Å². The lowest BCUT2D eigenvalue weighted by Crippen LogP contribution is -2.37. The Morgan fingerprint density at radius 3 is 2.23 bits per heavy atom. The monoisotopic (exact) mass is 437 g/mol. The molecule has 3 rings (SSSR count). The third-order valence-corrected chi connectivity index (χ3v) is 4.18. The third kappa shape index (κ3) is 4.68. The number of benzene rings is 2. The maximum absolute atomic E-state index is 14.4. The van der Waals surface area contributed by atoms with Gasteiger partial charge in [0.1, 0.15) is 45.6 Å². The van der Waals surface area contributed by atoms with E-state index in [1.807, 2.05) is 0 Å². The molecule has 2 aromatic carbocycles. The summed E-state index contributed by atoms with van der Waals surface area (Å²) < 4.78 is 62.2. The van der Waals surface area contributed by atoms with Gasteiger partial charge in [0.2, 0.25) is 0 Å². The minimum absolute atomic E-state index is 0.280. The van der Waals surface area contributed by atoms with E-state index in [0.717, 1.165) is 28.8 Å². The number of alkyl carbamates (subject to hydrolysis) is 1. The van der Waals surface area contributed by atoms with Crippen LogP contribution in [-0.4, -0.2) is 21.2 Å². The Morgan fingerprint density at radius 2 is 1.65 bits per heavy atom. The topological polar surface area (TPSA) is 73.2 Å². The van der Waals surface area contributed by atoms with E-state index in [0.29, 0.717) is 6.07 Å². The maximum Gasteiger partial charge on any atom is 0.408 e. The van der Waals surface area contributed by atoms with Gasteiger partial charge in [0.05, 0.1) is 11.7 Å². The fraction of sp³-hybridized carbons (Fsp3) is 0.286. The Balaban J connectivity index is 2.27. The zero-order valence-corrected chi connectivity index (χ0v) is 17.1. The second kappa shape index (κ2) is 8.01. The van der Waals surface area contributed by atoms with Crippen molar-refractivity contribution < 1.29 is 27.1 Å². The maximum atomic E-state index is 14.4. The molecule has 0 radical (unpaired) electrons. The predicted octanol–water partition coefficient (Wildman–Crippen LogP) is 4.53. The van der Waals surface area contributed by atoms with Crippen LogP contribution in [0.3, 0.4) is 0 Å². The van der Waals surface area contributed by atoms with Gasteiger partial charge in [0.15, 0.2) is 0 Å². The number of ether oxygens (including phenoxy) is 1. The number of hydrogen-bond acceptors (Lipinski definition) is 4. The first-order valence-corrected chi connectivity index (χ1v) is 9.24. The average molecular weight is 437 g/mol. The van der Waals surface area contributed by atoms with Crippen molar-refractivity contribution in [3.63, 3.8) is 0 Å². The van der Waals surface area contributed by atoms with E-state index >= 15 is 0 Å². The smallest absolute Gasteiger partial charge is 0.408 e. The number of nitrogens with one attached hydrogen (secondary N) is 1. The summed E-state index contributed by atoms with van der Waals surface area (Å²) in [6.07, 6.45) is -0.869. The first-order valence-electron chi connectivity index (χ1n) is 9.24. The van der Waals surface area contributed by atoms with Crippen LogP contribution in [0.2, 0.25) is 0 Å². The third-order valence-electron chi connectivity index (χ3n) is 4.18. The van der Waals surface area contributed by atoms with Crippen molar-refractivity contribution in [2.75, 3.05) is 0 Å². The zero-order valence-electron chi connectivity index (χ0n) is 17.1. The molecular weight excluding hydrogens is 418 g/mol. The van der Waals surface area contributed by atoms with E-state index in [1.54, 1.807) is 20.8 Å². The predicted molar refractivity (Wildman–Crippen MR) is 105 cm³/mol. The van der Waals surface area contributed by atoms with Crippen LogP contribution in [0.25, 0.3) is 16.6 Å². The van der Waals surface area contributed by atoms with E-state index in [9.17, 15) is 27.2 Å². The molecule has 0 unspecified atom stereocenters. The van der Waals surface area contributed by atoms with Gasteiger partial charge in [-0.25, -0.2) is 27.3 Å². The molecular formula is C21H19F4N3O3. The van der Waals surface area contributed by atoms with Crippen molar-refractivity contribution in [3.8, 4) is 5.69 Å². The van der Waals surface area contributed by atoms with Gasteiger partial charge in [-0.15, -0.1) is 0 Å². The van der Waals surface area contributed by atoms with Crippen LogP contribution in [0, 0.1) is 23.3 Å². The molecule has 0 aliphatic heterocycles. The van der Waals surface area contributed by atoms with Crippen molar-refractivity contribution in [1.29, 1.82) is 0 Å². The van der Waals surface area contributed by atoms with Gasteiger partial charge < -0.3 is 10.1 Å². The Kier molecular flexibility index (Phi) is 5.75.